The average molecular weight is 531 g/mol. The second-order valence-electron chi connectivity index (χ2n) is 8.63. The highest BCUT2D eigenvalue weighted by Crippen LogP contribution is 2.41. The number of fused-ring (bicyclic) bond motifs is 1. The Hall–Kier alpha value is -3.93. The first kappa shape index (κ1) is 24.8. The highest BCUT2D eigenvalue weighted by molar-refractivity contribution is 7.17. The van der Waals surface area contributed by atoms with Crippen LogP contribution >= 0.6 is 11.3 Å². The van der Waals surface area contributed by atoms with E-state index in [0.717, 1.165) is 17.4 Å². The number of halogens is 3. The van der Waals surface area contributed by atoms with Crippen LogP contribution in [-0.2, 0) is 17.4 Å². The van der Waals surface area contributed by atoms with Gasteiger partial charge in [-0.3, -0.25) is 0 Å². The first-order valence-corrected chi connectivity index (χ1v) is 12.2. The minimum absolute atomic E-state index is 0.0129. The number of rotatable bonds is 6. The lowest BCUT2D eigenvalue weighted by Crippen LogP contribution is -2.35. The van der Waals surface area contributed by atoms with Crippen molar-refractivity contribution in [3.63, 3.8) is 0 Å². The number of hydrogen-bond donors (Lipinski definition) is 2. The molecule has 0 unspecified atom stereocenters. The molecule has 5 rings (SSSR count). The van der Waals surface area contributed by atoms with Gasteiger partial charge in [0.15, 0.2) is 5.13 Å². The number of nitrogens with zero attached hydrogens (tertiary/aromatic N) is 4. The Morgan fingerprint density at radius 2 is 2.05 bits per heavy atom. The van der Waals surface area contributed by atoms with Crippen LogP contribution in [0.5, 0.6) is 11.6 Å². The molecule has 0 spiro atoms. The van der Waals surface area contributed by atoms with Gasteiger partial charge in [-0.2, -0.15) is 28.4 Å². The monoisotopic (exact) mass is 530 g/mol. The number of carboxylic acid groups (broad SMARTS) is 1. The van der Waals surface area contributed by atoms with E-state index >= 15 is 0 Å². The molecule has 1 saturated heterocycles. The third-order valence-electron chi connectivity index (χ3n) is 6.38. The molecule has 12 heteroatoms. The third kappa shape index (κ3) is 4.76. The van der Waals surface area contributed by atoms with Crippen molar-refractivity contribution >= 4 is 34.2 Å². The number of alkyl halides is 3. The molecular formula is C25H21F3N4O4S. The van der Waals surface area contributed by atoms with E-state index in [9.17, 15) is 28.2 Å². The molecule has 3 heterocycles. The number of benzene rings is 2. The first-order valence-electron chi connectivity index (χ1n) is 11.3. The number of hydrogen-bond acceptors (Lipinski definition) is 8. The average Bonchev–Trinajstić information content (AvgIpc) is 3.61. The summed E-state index contributed by atoms with van der Waals surface area (Å²) in [5, 5.41) is 29.8. The van der Waals surface area contributed by atoms with Crippen LogP contribution < -0.4 is 20.2 Å². The summed E-state index contributed by atoms with van der Waals surface area (Å²) in [4.78, 5) is 17.8. The maximum absolute atomic E-state index is 14.0. The maximum Gasteiger partial charge on any atom is 0.416 e. The largest absolute Gasteiger partial charge is 0.497 e. The number of anilines is 1. The van der Waals surface area contributed by atoms with Gasteiger partial charge >= 0.3 is 12.1 Å². The van der Waals surface area contributed by atoms with E-state index in [-0.39, 0.29) is 28.5 Å². The predicted octanol–water partition coefficient (Wildman–Crippen LogP) is 3.34. The summed E-state index contributed by atoms with van der Waals surface area (Å²) in [6.07, 6.45) is -2.18. The van der Waals surface area contributed by atoms with Crippen LogP contribution in [0.1, 0.15) is 34.4 Å². The molecule has 0 saturated carbocycles. The fourth-order valence-electron chi connectivity index (χ4n) is 4.57. The predicted molar refractivity (Wildman–Crippen MR) is 131 cm³/mol. The van der Waals surface area contributed by atoms with Crippen LogP contribution in [0.4, 0.5) is 18.3 Å². The summed E-state index contributed by atoms with van der Waals surface area (Å²) < 4.78 is 47.0. The number of thiazole rings is 1. The molecule has 1 atom stereocenters. The van der Waals surface area contributed by atoms with Gasteiger partial charge in [0.1, 0.15) is 11.8 Å². The van der Waals surface area contributed by atoms with Crippen molar-refractivity contribution in [3.05, 3.63) is 68.5 Å². The van der Waals surface area contributed by atoms with Crippen molar-refractivity contribution in [2.45, 2.75) is 31.5 Å². The second kappa shape index (κ2) is 9.51. The zero-order valence-corrected chi connectivity index (χ0v) is 20.3. The number of aromatic hydroxyl groups is 1. The molecule has 0 aliphatic carbocycles. The molecule has 37 heavy (non-hydrogen) atoms. The van der Waals surface area contributed by atoms with E-state index in [1.54, 1.807) is 29.3 Å². The van der Waals surface area contributed by atoms with Crippen LogP contribution in [0.25, 0.3) is 5.57 Å². The molecule has 2 aliphatic rings. The molecule has 192 valence electrons. The van der Waals surface area contributed by atoms with Crippen molar-refractivity contribution in [1.82, 2.24) is 4.98 Å². The second-order valence-corrected chi connectivity index (χ2v) is 9.61. The molecular weight excluding hydrogens is 509 g/mol. The Kier molecular flexibility index (Phi) is 6.36. The number of aliphatic carboxylic acids is 1. The van der Waals surface area contributed by atoms with E-state index in [1.165, 1.54) is 19.2 Å². The summed E-state index contributed by atoms with van der Waals surface area (Å²) in [5.74, 6) is -1.29. The lowest BCUT2D eigenvalue weighted by atomic mass is 9.96. The van der Waals surface area contributed by atoms with E-state index < -0.39 is 23.8 Å². The quantitative estimate of drug-likeness (QED) is 0.506. The lowest BCUT2D eigenvalue weighted by molar-refractivity contribution is -0.139. The summed E-state index contributed by atoms with van der Waals surface area (Å²) in [7, 11) is 1.30. The normalized spacial score (nSPS) is 17.5. The summed E-state index contributed by atoms with van der Waals surface area (Å²) in [6, 6.07) is 8.13. The van der Waals surface area contributed by atoms with Crippen LogP contribution in [0.2, 0.25) is 0 Å². The third-order valence-corrected chi connectivity index (χ3v) is 7.53. The zero-order chi connectivity index (χ0) is 26.3. The van der Waals surface area contributed by atoms with Gasteiger partial charge < -0.3 is 19.8 Å². The minimum atomic E-state index is -4.64. The maximum atomic E-state index is 14.0. The van der Waals surface area contributed by atoms with Gasteiger partial charge in [-0.05, 0) is 53.5 Å². The Labute approximate surface area is 212 Å². The SMILES string of the molecule is COc1ccc(CC(c2sc(N3CCC[C@@H]3C(=O)O)nc2O)=c2ccc3c(c2)C=NN=3)c(C(F)(F)F)c1. The number of carboxylic acids is 1. The van der Waals surface area contributed by atoms with Crippen LogP contribution in [0.15, 0.2) is 46.6 Å². The van der Waals surface area contributed by atoms with E-state index in [4.69, 9.17) is 4.74 Å². The summed E-state index contributed by atoms with van der Waals surface area (Å²) >= 11 is 1.06. The topological polar surface area (TPSA) is 108 Å². The molecule has 0 amide bonds. The fraction of sp³-hybridized carbons (Fsp3) is 0.280. The molecule has 0 radical (unpaired) electrons. The first-order chi connectivity index (χ1) is 17.7. The van der Waals surface area contributed by atoms with E-state index in [1.807, 2.05) is 0 Å². The van der Waals surface area contributed by atoms with Gasteiger partial charge in [-0.15, -0.1) is 0 Å². The summed E-state index contributed by atoms with van der Waals surface area (Å²) in [6.45, 7) is 0.451. The molecule has 2 aliphatic heterocycles. The van der Waals surface area contributed by atoms with Crippen LogP contribution in [0.3, 0.4) is 0 Å². The van der Waals surface area contributed by atoms with Gasteiger partial charge in [0.25, 0.3) is 0 Å². The van der Waals surface area contributed by atoms with Crippen molar-refractivity contribution in [3.8, 4) is 11.6 Å². The van der Waals surface area contributed by atoms with Gasteiger partial charge in [0, 0.05) is 18.5 Å². The van der Waals surface area contributed by atoms with Crippen molar-refractivity contribution in [2.75, 3.05) is 18.6 Å². The van der Waals surface area contributed by atoms with Gasteiger partial charge in [-0.25, -0.2) is 4.79 Å². The Morgan fingerprint density at radius 3 is 2.78 bits per heavy atom. The van der Waals surface area contributed by atoms with Crippen molar-refractivity contribution in [2.24, 2.45) is 10.2 Å². The zero-order valence-electron chi connectivity index (χ0n) is 19.5. The van der Waals surface area contributed by atoms with E-state index in [2.05, 4.69) is 15.2 Å². The van der Waals surface area contributed by atoms with Crippen molar-refractivity contribution < 1.29 is 32.9 Å². The fourth-order valence-corrected chi connectivity index (χ4v) is 5.67. The Morgan fingerprint density at radius 1 is 1.24 bits per heavy atom. The number of ether oxygens (including phenoxy) is 1. The number of methoxy groups -OCH3 is 1. The van der Waals surface area contributed by atoms with Crippen LogP contribution in [0, 0.1) is 0 Å². The number of aromatic nitrogens is 1. The van der Waals surface area contributed by atoms with E-state index in [0.29, 0.717) is 46.2 Å². The highest BCUT2D eigenvalue weighted by Gasteiger charge is 2.36. The van der Waals surface area contributed by atoms with Crippen LogP contribution in [-0.4, -0.2) is 47.1 Å². The lowest BCUT2D eigenvalue weighted by Gasteiger charge is -2.19. The molecule has 3 aromatic rings. The highest BCUT2D eigenvalue weighted by atomic mass is 32.1. The Balaban J connectivity index is 1.68. The Bertz CT molecular complexity index is 1530. The van der Waals surface area contributed by atoms with Gasteiger partial charge in [0.2, 0.25) is 5.88 Å². The number of carbonyl (C=O) groups is 1. The molecule has 1 fully saturated rings. The molecule has 0 bridgehead atoms. The van der Waals surface area contributed by atoms with Crippen molar-refractivity contribution in [1.29, 1.82) is 0 Å². The standard InChI is InChI=1S/C25H21F3N4O4S/c1-36-16-6-4-14(18(11-16)25(26,27)28)10-17(13-5-7-19-15(9-13)12-29-31-19)21-22(33)30-24(37-21)32-8-2-3-20(32)23(34)35/h4-7,9,11-12,20,33H,2-3,8,10H2,1H3,(H,34,35)/t20-/m1/s1. The molecule has 8 nitrogen and oxygen atoms in total. The molecule has 2 N–H and O–H groups in total. The molecule has 2 aromatic carbocycles. The van der Waals surface area contributed by atoms with Gasteiger partial charge in [-0.1, -0.05) is 23.5 Å². The smallest absolute Gasteiger partial charge is 0.416 e. The van der Waals surface area contributed by atoms with Gasteiger partial charge in [0.05, 0.1) is 29.1 Å². The minimum Gasteiger partial charge on any atom is -0.497 e. The summed E-state index contributed by atoms with van der Waals surface area (Å²) in [5.41, 5.74) is 0.236. The molecule has 1 aromatic heterocycles.